The molecule has 0 aliphatic carbocycles. The van der Waals surface area contributed by atoms with E-state index in [-0.39, 0.29) is 48.1 Å². The summed E-state index contributed by atoms with van der Waals surface area (Å²) < 4.78 is 0. The molecule has 2 amide bonds. The van der Waals surface area contributed by atoms with E-state index < -0.39 is 23.9 Å². The van der Waals surface area contributed by atoms with Gasteiger partial charge in [0.1, 0.15) is 5.82 Å². The lowest BCUT2D eigenvalue weighted by Gasteiger charge is -2.34. The van der Waals surface area contributed by atoms with Crippen LogP contribution in [-0.2, 0) is 32.0 Å². The molecule has 0 spiro atoms. The number of likely N-dealkylation sites (tertiary alicyclic amines) is 1. The molecule has 5 N–H and O–H groups in total. The Hall–Kier alpha value is -4.28. The molecule has 4 atom stereocenters. The number of rotatable bonds is 20. The normalized spacial score (nSPS) is 15.9. The second-order valence-corrected chi connectivity index (χ2v) is 14.4. The second kappa shape index (κ2) is 20.5. The molecule has 0 unspecified atom stereocenters. The van der Waals surface area contributed by atoms with Crippen molar-refractivity contribution in [3.05, 3.63) is 96.1 Å². The summed E-state index contributed by atoms with van der Waals surface area (Å²) in [5.74, 6) is -0.844. The van der Waals surface area contributed by atoms with Crippen LogP contribution in [0, 0.1) is 17.8 Å². The minimum Gasteiger partial charge on any atom is -0.346 e. The number of hydrogen-bond acceptors (Lipinski definition) is 8. The van der Waals surface area contributed by atoms with Crippen molar-refractivity contribution in [1.82, 2.24) is 20.2 Å². The van der Waals surface area contributed by atoms with Crippen LogP contribution in [0.4, 0.5) is 0 Å². The quantitative estimate of drug-likeness (QED) is 0.142. The van der Waals surface area contributed by atoms with Gasteiger partial charge >= 0.3 is 0 Å². The number of amides is 2. The minimum atomic E-state index is -0.783. The van der Waals surface area contributed by atoms with Gasteiger partial charge in [0.05, 0.1) is 12.1 Å². The zero-order chi connectivity index (χ0) is 36.6. The molecule has 2 heterocycles. The summed E-state index contributed by atoms with van der Waals surface area (Å²) in [6.07, 6.45) is 8.21. The van der Waals surface area contributed by atoms with Crippen molar-refractivity contribution in [3.8, 4) is 0 Å². The van der Waals surface area contributed by atoms with Crippen LogP contribution < -0.4 is 16.8 Å². The average molecular weight is 697 g/mol. The number of Topliss-reactive ketones (excluding diaryl/α,β-unsaturated/α-hetero) is 2. The maximum Gasteiger partial charge on any atom is 0.226 e. The van der Waals surface area contributed by atoms with Crippen LogP contribution in [-0.4, -0.2) is 70.0 Å². The highest BCUT2D eigenvalue weighted by atomic mass is 16.2. The van der Waals surface area contributed by atoms with E-state index in [9.17, 15) is 19.2 Å². The van der Waals surface area contributed by atoms with Crippen LogP contribution in [0.1, 0.15) is 88.1 Å². The van der Waals surface area contributed by atoms with Gasteiger partial charge < -0.3 is 21.7 Å². The fourth-order valence-corrected chi connectivity index (χ4v) is 6.93. The van der Waals surface area contributed by atoms with Gasteiger partial charge in [0.2, 0.25) is 11.8 Å². The van der Waals surface area contributed by atoms with Crippen LogP contribution in [0.3, 0.4) is 0 Å². The fraction of sp³-hybridized carbons (Fsp3) is 0.512. The number of unbranched alkanes of at least 4 members (excludes halogenated alkanes) is 1. The Balaban J connectivity index is 1.45. The summed E-state index contributed by atoms with van der Waals surface area (Å²) >= 11 is 0. The van der Waals surface area contributed by atoms with Crippen LogP contribution in [0.2, 0.25) is 0 Å². The van der Waals surface area contributed by atoms with Crippen LogP contribution >= 0.6 is 0 Å². The molecular weight excluding hydrogens is 640 g/mol. The first-order valence-electron chi connectivity index (χ1n) is 18.6. The maximum absolute atomic E-state index is 14.1. The number of nitrogens with zero attached hydrogens (tertiary/aromatic N) is 3. The van der Waals surface area contributed by atoms with E-state index >= 15 is 0 Å². The lowest BCUT2D eigenvalue weighted by atomic mass is 9.87. The molecule has 0 saturated carbocycles. The van der Waals surface area contributed by atoms with Crippen LogP contribution in [0.15, 0.2) is 79.1 Å². The first kappa shape index (κ1) is 39.5. The van der Waals surface area contributed by atoms with E-state index in [1.165, 1.54) is 0 Å². The zero-order valence-electron chi connectivity index (χ0n) is 30.3. The Bertz CT molecular complexity index is 1510. The molecule has 1 aliphatic heterocycles. The second-order valence-electron chi connectivity index (χ2n) is 14.4. The van der Waals surface area contributed by atoms with Crippen molar-refractivity contribution in [2.45, 2.75) is 96.1 Å². The third kappa shape index (κ3) is 12.8. The number of carbonyl (C=O) groups is 4. The minimum absolute atomic E-state index is 0.0256. The maximum atomic E-state index is 14.1. The highest BCUT2D eigenvalue weighted by molar-refractivity contribution is 5.94. The predicted molar refractivity (Wildman–Crippen MR) is 199 cm³/mol. The van der Waals surface area contributed by atoms with E-state index in [4.69, 9.17) is 11.5 Å². The standard InChI is InChI=1S/C41H56N6O4/c1-29(2)24-36(38(49)27-33(16-9-10-19-42)41(51)47-22-17-32(18-23-47)39-44-20-11-21-45-39)46-40(50)34(25-30-12-5-3-6-13-30)28-37(48)35(43)26-31-14-7-4-8-15-31/h3-8,11-15,20-21,29,32-36H,9-10,16-19,22-28,42-43H2,1-2H3,(H,46,50)/t33-,34-,35+,36+/m0/s1. The van der Waals surface area contributed by atoms with Gasteiger partial charge in [-0.3, -0.25) is 19.2 Å². The van der Waals surface area contributed by atoms with Crippen LogP contribution in [0.5, 0.6) is 0 Å². The Labute approximate surface area is 303 Å². The van der Waals surface area contributed by atoms with Gasteiger partial charge in [-0.25, -0.2) is 9.97 Å². The monoisotopic (exact) mass is 696 g/mol. The summed E-state index contributed by atoms with van der Waals surface area (Å²) in [5.41, 5.74) is 14.0. The molecule has 3 aromatic rings. The molecule has 10 heteroatoms. The molecule has 1 aliphatic rings. The molecule has 0 radical (unpaired) electrons. The number of piperidine rings is 1. The van der Waals surface area contributed by atoms with Gasteiger partial charge in [-0.2, -0.15) is 0 Å². The van der Waals surface area contributed by atoms with Crippen molar-refractivity contribution in [1.29, 1.82) is 0 Å². The van der Waals surface area contributed by atoms with Gasteiger partial charge in [0.25, 0.3) is 0 Å². The molecule has 2 aromatic carbocycles. The third-order valence-electron chi connectivity index (χ3n) is 9.83. The van der Waals surface area contributed by atoms with Gasteiger partial charge in [-0.05, 0) is 74.6 Å². The molecule has 4 rings (SSSR count). The highest BCUT2D eigenvalue weighted by Gasteiger charge is 2.34. The van der Waals surface area contributed by atoms with Crippen molar-refractivity contribution in [3.63, 3.8) is 0 Å². The number of hydrogen-bond donors (Lipinski definition) is 3. The SMILES string of the molecule is CC(C)C[C@@H](NC(=O)[C@H](CC(=O)[C@H](N)Cc1ccccc1)Cc1ccccc1)C(=O)C[C@H](CCCCN)C(=O)N1CCC(c2ncccn2)CC1. The Kier molecular flexibility index (Phi) is 15.9. The summed E-state index contributed by atoms with van der Waals surface area (Å²) in [6.45, 7) is 5.68. The van der Waals surface area contributed by atoms with E-state index in [0.717, 1.165) is 42.6 Å². The summed E-state index contributed by atoms with van der Waals surface area (Å²) in [4.78, 5) is 66.2. The van der Waals surface area contributed by atoms with E-state index in [1.807, 2.05) is 79.4 Å². The molecule has 1 saturated heterocycles. The Morgan fingerprint density at radius 3 is 1.98 bits per heavy atom. The van der Waals surface area contributed by atoms with E-state index in [1.54, 1.807) is 18.5 Å². The van der Waals surface area contributed by atoms with Crippen molar-refractivity contribution in [2.75, 3.05) is 19.6 Å². The summed E-state index contributed by atoms with van der Waals surface area (Å²) in [7, 11) is 0. The molecule has 0 bridgehead atoms. The predicted octanol–water partition coefficient (Wildman–Crippen LogP) is 4.81. The van der Waals surface area contributed by atoms with Crippen molar-refractivity contribution >= 4 is 23.4 Å². The molecule has 1 aromatic heterocycles. The van der Waals surface area contributed by atoms with Gasteiger partial charge in [-0.1, -0.05) is 80.9 Å². The Morgan fingerprint density at radius 2 is 1.39 bits per heavy atom. The number of benzene rings is 2. The first-order chi connectivity index (χ1) is 24.6. The lowest BCUT2D eigenvalue weighted by molar-refractivity contribution is -0.140. The van der Waals surface area contributed by atoms with Gasteiger partial charge in [0, 0.05) is 56.1 Å². The topological polar surface area (TPSA) is 161 Å². The van der Waals surface area contributed by atoms with Crippen molar-refractivity contribution in [2.24, 2.45) is 29.2 Å². The smallest absolute Gasteiger partial charge is 0.226 e. The van der Waals surface area contributed by atoms with Crippen LogP contribution in [0.25, 0.3) is 0 Å². The zero-order valence-corrected chi connectivity index (χ0v) is 30.3. The summed E-state index contributed by atoms with van der Waals surface area (Å²) in [5, 5.41) is 3.04. The van der Waals surface area contributed by atoms with Gasteiger partial charge in [-0.15, -0.1) is 0 Å². The largest absolute Gasteiger partial charge is 0.346 e. The highest BCUT2D eigenvalue weighted by Crippen LogP contribution is 2.28. The third-order valence-corrected chi connectivity index (χ3v) is 9.83. The van der Waals surface area contributed by atoms with Crippen molar-refractivity contribution < 1.29 is 19.2 Å². The van der Waals surface area contributed by atoms with E-state index in [2.05, 4.69) is 15.3 Å². The average Bonchev–Trinajstić information content (AvgIpc) is 3.14. The molecule has 10 nitrogen and oxygen atoms in total. The molecule has 1 fully saturated rings. The molecule has 274 valence electrons. The molecular formula is C41H56N6O4. The first-order valence-corrected chi connectivity index (χ1v) is 18.6. The Morgan fingerprint density at radius 1 is 0.804 bits per heavy atom. The van der Waals surface area contributed by atoms with Gasteiger partial charge in [0.15, 0.2) is 11.6 Å². The number of carbonyl (C=O) groups excluding carboxylic acids is 4. The number of aromatic nitrogens is 2. The number of ketones is 2. The number of nitrogens with two attached hydrogens (primary N) is 2. The molecule has 51 heavy (non-hydrogen) atoms. The summed E-state index contributed by atoms with van der Waals surface area (Å²) in [6, 6.07) is 19.4. The fourth-order valence-electron chi connectivity index (χ4n) is 6.93. The van der Waals surface area contributed by atoms with E-state index in [0.29, 0.717) is 45.3 Å². The lowest BCUT2D eigenvalue weighted by Crippen LogP contribution is -2.48. The number of nitrogens with one attached hydrogen (secondary N) is 1.